The molecule has 2 rings (SSSR count). The third kappa shape index (κ3) is 2.18. The average Bonchev–Trinajstić information content (AvgIpc) is 2.41. The van der Waals surface area contributed by atoms with E-state index < -0.39 is 9.84 Å². The van der Waals surface area contributed by atoms with Crippen LogP contribution in [0.1, 0.15) is 41.1 Å². The Kier molecular flexibility index (Phi) is 2.74. The summed E-state index contributed by atoms with van der Waals surface area (Å²) >= 11 is 1.23. The molecule has 0 aliphatic heterocycles. The lowest BCUT2D eigenvalue weighted by atomic mass is 9.74. The maximum absolute atomic E-state index is 12.1. The molecule has 0 fully saturated rings. The van der Waals surface area contributed by atoms with Crippen LogP contribution in [-0.2, 0) is 16.3 Å². The molecule has 94 valence electrons. The first-order valence-corrected chi connectivity index (χ1v) is 8.18. The van der Waals surface area contributed by atoms with Gasteiger partial charge in [0.05, 0.1) is 5.56 Å². The van der Waals surface area contributed by atoms with E-state index in [0.717, 1.165) is 16.9 Å². The predicted octanol–water partition coefficient (Wildman–Crippen LogP) is 2.62. The van der Waals surface area contributed by atoms with Crippen molar-refractivity contribution in [1.82, 2.24) is 0 Å². The van der Waals surface area contributed by atoms with Crippen molar-refractivity contribution in [2.24, 2.45) is 5.41 Å². The fourth-order valence-electron chi connectivity index (χ4n) is 2.37. The Hall–Kier alpha value is -0.680. The number of hydrogen-bond donors (Lipinski definition) is 0. The molecule has 0 bridgehead atoms. The Morgan fingerprint density at radius 1 is 1.24 bits per heavy atom. The Balaban J connectivity index is 2.71. The minimum Gasteiger partial charge on any atom is -0.294 e. The van der Waals surface area contributed by atoms with Crippen LogP contribution in [0.4, 0.5) is 0 Å². The standard InChI is InChI=1S/C12H16O3S2/c1-7-8-5-12(2,3)6-9(13)10(8)11(16-7)17(4,14)15/h5-6H2,1-4H3. The number of carbonyl (C=O) groups is 1. The van der Waals surface area contributed by atoms with E-state index in [1.807, 2.05) is 20.8 Å². The summed E-state index contributed by atoms with van der Waals surface area (Å²) in [4.78, 5) is 13.1. The molecule has 0 amide bonds. The van der Waals surface area contributed by atoms with Crippen molar-refractivity contribution in [2.45, 2.75) is 37.8 Å². The van der Waals surface area contributed by atoms with Gasteiger partial charge in [0.2, 0.25) is 0 Å². The fraction of sp³-hybridized carbons (Fsp3) is 0.583. The highest BCUT2D eigenvalue weighted by atomic mass is 32.2. The summed E-state index contributed by atoms with van der Waals surface area (Å²) < 4.78 is 23.6. The minimum absolute atomic E-state index is 0.0268. The summed E-state index contributed by atoms with van der Waals surface area (Å²) in [6.45, 7) is 5.99. The first-order valence-electron chi connectivity index (χ1n) is 5.47. The largest absolute Gasteiger partial charge is 0.294 e. The number of ketones is 1. The summed E-state index contributed by atoms with van der Waals surface area (Å²) in [6, 6.07) is 0. The number of aryl methyl sites for hydroxylation is 1. The van der Waals surface area contributed by atoms with Crippen molar-refractivity contribution in [3.05, 3.63) is 16.0 Å². The third-order valence-electron chi connectivity index (χ3n) is 3.09. The van der Waals surface area contributed by atoms with Gasteiger partial charge in [-0.1, -0.05) is 13.8 Å². The Morgan fingerprint density at radius 3 is 2.35 bits per heavy atom. The maximum atomic E-state index is 12.1. The van der Waals surface area contributed by atoms with Gasteiger partial charge in [0, 0.05) is 17.6 Å². The van der Waals surface area contributed by atoms with Gasteiger partial charge in [0.25, 0.3) is 0 Å². The van der Waals surface area contributed by atoms with Crippen LogP contribution in [0.3, 0.4) is 0 Å². The molecule has 0 N–H and O–H groups in total. The minimum atomic E-state index is -3.30. The Labute approximate surface area is 106 Å². The van der Waals surface area contributed by atoms with E-state index in [9.17, 15) is 13.2 Å². The quantitative estimate of drug-likeness (QED) is 0.789. The van der Waals surface area contributed by atoms with Gasteiger partial charge in [-0.25, -0.2) is 8.42 Å². The molecule has 0 spiro atoms. The molecule has 3 nitrogen and oxygen atoms in total. The second-order valence-electron chi connectivity index (χ2n) is 5.51. The lowest BCUT2D eigenvalue weighted by Crippen LogP contribution is -2.27. The van der Waals surface area contributed by atoms with Crippen molar-refractivity contribution in [3.63, 3.8) is 0 Å². The maximum Gasteiger partial charge on any atom is 0.185 e. The lowest BCUT2D eigenvalue weighted by molar-refractivity contribution is 0.0909. The molecule has 5 heteroatoms. The second-order valence-corrected chi connectivity index (χ2v) is 8.95. The molecule has 0 unspecified atom stereocenters. The molecule has 17 heavy (non-hydrogen) atoms. The first-order chi connectivity index (χ1) is 7.62. The van der Waals surface area contributed by atoms with Crippen LogP contribution in [0.5, 0.6) is 0 Å². The van der Waals surface area contributed by atoms with Crippen molar-refractivity contribution in [2.75, 3.05) is 6.26 Å². The molecule has 1 aromatic rings. The molecular weight excluding hydrogens is 256 g/mol. The fourth-order valence-corrected chi connectivity index (χ4v) is 4.87. The molecular formula is C12H16O3S2. The van der Waals surface area contributed by atoms with E-state index in [0.29, 0.717) is 12.0 Å². The average molecular weight is 272 g/mol. The number of hydrogen-bond acceptors (Lipinski definition) is 4. The van der Waals surface area contributed by atoms with Crippen molar-refractivity contribution in [1.29, 1.82) is 0 Å². The number of fused-ring (bicyclic) bond motifs is 1. The SMILES string of the molecule is Cc1sc(S(C)(=O)=O)c2c1CC(C)(C)CC2=O. The number of carbonyl (C=O) groups excluding carboxylic acids is 1. The van der Waals surface area contributed by atoms with Crippen molar-refractivity contribution in [3.8, 4) is 0 Å². The van der Waals surface area contributed by atoms with Gasteiger partial charge in [-0.05, 0) is 24.3 Å². The van der Waals surface area contributed by atoms with Gasteiger partial charge in [0.1, 0.15) is 4.21 Å². The molecule has 1 aliphatic carbocycles. The number of rotatable bonds is 1. The van der Waals surface area contributed by atoms with E-state index >= 15 is 0 Å². The van der Waals surface area contributed by atoms with Gasteiger partial charge in [-0.2, -0.15) is 0 Å². The molecule has 1 aromatic heterocycles. The summed E-state index contributed by atoms with van der Waals surface area (Å²) in [7, 11) is -3.30. The summed E-state index contributed by atoms with van der Waals surface area (Å²) in [5.74, 6) is -0.0268. The number of sulfone groups is 1. The summed E-state index contributed by atoms with van der Waals surface area (Å²) in [6.07, 6.45) is 2.39. The number of thiophene rings is 1. The van der Waals surface area contributed by atoms with E-state index in [1.165, 1.54) is 17.6 Å². The van der Waals surface area contributed by atoms with E-state index in [2.05, 4.69) is 0 Å². The van der Waals surface area contributed by atoms with Crippen LogP contribution in [0.15, 0.2) is 4.21 Å². The highest BCUT2D eigenvalue weighted by Gasteiger charge is 2.37. The van der Waals surface area contributed by atoms with Gasteiger partial charge in [-0.15, -0.1) is 11.3 Å². The zero-order valence-electron chi connectivity index (χ0n) is 10.5. The van der Waals surface area contributed by atoms with Gasteiger partial charge < -0.3 is 0 Å². The molecule has 0 aromatic carbocycles. The highest BCUT2D eigenvalue weighted by Crippen LogP contribution is 2.42. The van der Waals surface area contributed by atoms with Crippen LogP contribution in [-0.4, -0.2) is 20.5 Å². The van der Waals surface area contributed by atoms with Crippen molar-refractivity contribution >= 4 is 27.0 Å². The van der Waals surface area contributed by atoms with Crippen LogP contribution in [0.25, 0.3) is 0 Å². The summed E-state index contributed by atoms with van der Waals surface area (Å²) in [5.41, 5.74) is 1.34. The van der Waals surface area contributed by atoms with Crippen LogP contribution < -0.4 is 0 Å². The molecule has 0 radical (unpaired) electrons. The zero-order valence-corrected chi connectivity index (χ0v) is 12.1. The van der Waals surface area contributed by atoms with Crippen LogP contribution >= 0.6 is 11.3 Å². The van der Waals surface area contributed by atoms with Gasteiger partial charge in [-0.3, -0.25) is 4.79 Å². The Bertz CT molecular complexity index is 592. The smallest absolute Gasteiger partial charge is 0.185 e. The van der Waals surface area contributed by atoms with Gasteiger partial charge in [0.15, 0.2) is 15.6 Å². The van der Waals surface area contributed by atoms with E-state index in [4.69, 9.17) is 0 Å². The molecule has 0 saturated heterocycles. The summed E-state index contributed by atoms with van der Waals surface area (Å²) in [5, 5.41) is 0. The van der Waals surface area contributed by atoms with E-state index in [-0.39, 0.29) is 15.4 Å². The molecule has 0 saturated carbocycles. The van der Waals surface area contributed by atoms with Crippen LogP contribution in [0.2, 0.25) is 0 Å². The molecule has 0 atom stereocenters. The first kappa shape index (κ1) is 12.8. The van der Waals surface area contributed by atoms with E-state index in [1.54, 1.807) is 0 Å². The highest BCUT2D eigenvalue weighted by molar-refractivity contribution is 7.92. The predicted molar refractivity (Wildman–Crippen MR) is 68.6 cm³/mol. The Morgan fingerprint density at radius 2 is 1.82 bits per heavy atom. The van der Waals surface area contributed by atoms with Crippen molar-refractivity contribution < 1.29 is 13.2 Å². The van der Waals surface area contributed by atoms with Gasteiger partial charge >= 0.3 is 0 Å². The number of Topliss-reactive ketones (excluding diaryl/α,β-unsaturated/α-hetero) is 1. The van der Waals surface area contributed by atoms with Crippen LogP contribution in [0, 0.1) is 12.3 Å². The zero-order chi connectivity index (χ0) is 13.0. The third-order valence-corrected chi connectivity index (χ3v) is 6.06. The molecule has 1 aliphatic rings. The topological polar surface area (TPSA) is 51.2 Å². The monoisotopic (exact) mass is 272 g/mol. The second kappa shape index (κ2) is 3.65. The lowest BCUT2D eigenvalue weighted by Gasteiger charge is -2.29. The normalized spacial score (nSPS) is 19.2. The molecule has 1 heterocycles.